The lowest BCUT2D eigenvalue weighted by Crippen LogP contribution is -2.18. The highest BCUT2D eigenvalue weighted by atomic mass is 79.9. The van der Waals surface area contributed by atoms with E-state index in [0.717, 1.165) is 23.0 Å². The summed E-state index contributed by atoms with van der Waals surface area (Å²) < 4.78 is 16.8. The van der Waals surface area contributed by atoms with Crippen molar-refractivity contribution in [2.45, 2.75) is 32.7 Å². The van der Waals surface area contributed by atoms with E-state index in [2.05, 4.69) is 33.3 Å². The second-order valence-electron chi connectivity index (χ2n) is 5.32. The highest BCUT2D eigenvalue weighted by Crippen LogP contribution is 2.26. The Morgan fingerprint density at radius 2 is 2.10 bits per heavy atom. The number of hydrogen-bond donors (Lipinski definition) is 1. The largest absolute Gasteiger partial charge is 0.313 e. The Labute approximate surface area is 133 Å². The summed E-state index contributed by atoms with van der Waals surface area (Å²) in [6.07, 6.45) is 1.71. The van der Waals surface area contributed by atoms with E-state index >= 15 is 0 Å². The van der Waals surface area contributed by atoms with Crippen molar-refractivity contribution >= 4 is 15.9 Å². The monoisotopic (exact) mass is 353 g/mol. The number of benzene rings is 1. The van der Waals surface area contributed by atoms with Gasteiger partial charge in [0.2, 0.25) is 0 Å². The van der Waals surface area contributed by atoms with Crippen LogP contribution in [0.25, 0.3) is 0 Å². The van der Waals surface area contributed by atoms with Crippen LogP contribution >= 0.6 is 15.9 Å². The van der Waals surface area contributed by atoms with Crippen LogP contribution in [0.1, 0.15) is 35.0 Å². The number of halogens is 2. The minimum absolute atomic E-state index is 0.0125. The fraction of sp³-hybridized carbons (Fsp3) is 0.438. The zero-order valence-corrected chi connectivity index (χ0v) is 14.5. The van der Waals surface area contributed by atoms with E-state index in [4.69, 9.17) is 0 Å². The number of rotatable bonds is 5. The van der Waals surface area contributed by atoms with Gasteiger partial charge in [-0.05, 0) is 57.5 Å². The molecule has 2 rings (SSSR count). The molecule has 1 aromatic heterocycles. The normalized spacial score (nSPS) is 12.7. The molecule has 1 aromatic carbocycles. The summed E-state index contributed by atoms with van der Waals surface area (Å²) in [5.74, 6) is -0.169. The zero-order chi connectivity index (χ0) is 15.6. The van der Waals surface area contributed by atoms with Gasteiger partial charge in [0.25, 0.3) is 0 Å². The average Bonchev–Trinajstić information content (AvgIpc) is 2.69. The molecule has 0 aliphatic rings. The second kappa shape index (κ2) is 6.71. The van der Waals surface area contributed by atoms with Crippen LogP contribution in [0.4, 0.5) is 4.39 Å². The fourth-order valence-electron chi connectivity index (χ4n) is 2.70. The summed E-state index contributed by atoms with van der Waals surface area (Å²) in [7, 11) is 3.82. The average molecular weight is 354 g/mol. The van der Waals surface area contributed by atoms with Crippen LogP contribution in [0.2, 0.25) is 0 Å². The Morgan fingerprint density at radius 1 is 1.38 bits per heavy atom. The first-order valence-corrected chi connectivity index (χ1v) is 7.84. The standard InChI is InChI=1S/C16H21BrFN3/c1-10-13(11(2)21(4)20-10)6-8-16(19-3)14-9-12(17)5-7-15(14)18/h5,7,9,16,19H,6,8H2,1-4H3. The molecule has 1 N–H and O–H groups in total. The van der Waals surface area contributed by atoms with E-state index in [1.54, 1.807) is 6.07 Å². The summed E-state index contributed by atoms with van der Waals surface area (Å²) in [6, 6.07) is 5.06. The third kappa shape index (κ3) is 3.52. The summed E-state index contributed by atoms with van der Waals surface area (Å²) in [5.41, 5.74) is 4.19. The summed E-state index contributed by atoms with van der Waals surface area (Å²) >= 11 is 3.41. The zero-order valence-electron chi connectivity index (χ0n) is 12.9. The predicted octanol–water partition coefficient (Wildman–Crippen LogP) is 3.83. The lowest BCUT2D eigenvalue weighted by molar-refractivity contribution is 0.507. The maximum absolute atomic E-state index is 14.0. The molecule has 1 atom stereocenters. The SMILES string of the molecule is CNC(CCc1c(C)nn(C)c1C)c1cc(Br)ccc1F. The third-order valence-electron chi connectivity index (χ3n) is 4.02. The van der Waals surface area contributed by atoms with Crippen molar-refractivity contribution in [2.75, 3.05) is 7.05 Å². The Balaban J connectivity index is 2.18. The predicted molar refractivity (Wildman–Crippen MR) is 86.9 cm³/mol. The van der Waals surface area contributed by atoms with Crippen LogP contribution < -0.4 is 5.32 Å². The number of aryl methyl sites for hydroxylation is 2. The molecule has 0 aliphatic carbocycles. The molecule has 0 amide bonds. The number of aromatic nitrogens is 2. The van der Waals surface area contributed by atoms with Gasteiger partial charge in [-0.2, -0.15) is 5.10 Å². The van der Waals surface area contributed by atoms with E-state index in [0.29, 0.717) is 5.56 Å². The molecule has 1 unspecified atom stereocenters. The summed E-state index contributed by atoms with van der Waals surface area (Å²) in [4.78, 5) is 0. The molecule has 0 aliphatic heterocycles. The second-order valence-corrected chi connectivity index (χ2v) is 6.23. The van der Waals surface area contributed by atoms with E-state index in [1.165, 1.54) is 17.3 Å². The van der Waals surface area contributed by atoms with E-state index in [1.807, 2.05) is 31.8 Å². The van der Waals surface area contributed by atoms with Gasteiger partial charge in [0.15, 0.2) is 0 Å². The maximum atomic E-state index is 14.0. The Morgan fingerprint density at radius 3 is 2.67 bits per heavy atom. The van der Waals surface area contributed by atoms with Gasteiger partial charge in [-0.3, -0.25) is 4.68 Å². The van der Waals surface area contributed by atoms with Crippen LogP contribution in [0.15, 0.2) is 22.7 Å². The number of hydrogen-bond acceptors (Lipinski definition) is 2. The van der Waals surface area contributed by atoms with Gasteiger partial charge in [0, 0.05) is 28.8 Å². The molecular weight excluding hydrogens is 333 g/mol. The molecular formula is C16H21BrFN3. The van der Waals surface area contributed by atoms with Crippen molar-refractivity contribution in [1.29, 1.82) is 0 Å². The Kier molecular flexibility index (Phi) is 5.17. The fourth-order valence-corrected chi connectivity index (χ4v) is 3.08. The van der Waals surface area contributed by atoms with Crippen molar-refractivity contribution in [3.63, 3.8) is 0 Å². The Hall–Kier alpha value is -1.20. The molecule has 0 saturated carbocycles. The van der Waals surface area contributed by atoms with Crippen LogP contribution in [-0.4, -0.2) is 16.8 Å². The lowest BCUT2D eigenvalue weighted by Gasteiger charge is -2.18. The number of nitrogens with one attached hydrogen (secondary N) is 1. The maximum Gasteiger partial charge on any atom is 0.128 e. The number of nitrogens with zero attached hydrogens (tertiary/aromatic N) is 2. The summed E-state index contributed by atoms with van der Waals surface area (Å²) in [6.45, 7) is 4.10. The highest BCUT2D eigenvalue weighted by molar-refractivity contribution is 9.10. The minimum atomic E-state index is -0.169. The molecule has 0 bridgehead atoms. The smallest absolute Gasteiger partial charge is 0.128 e. The lowest BCUT2D eigenvalue weighted by atomic mass is 9.98. The van der Waals surface area contributed by atoms with Gasteiger partial charge in [-0.25, -0.2) is 4.39 Å². The van der Waals surface area contributed by atoms with Gasteiger partial charge in [0.05, 0.1) is 5.69 Å². The highest BCUT2D eigenvalue weighted by Gasteiger charge is 2.17. The van der Waals surface area contributed by atoms with Crippen LogP contribution in [-0.2, 0) is 13.5 Å². The molecule has 21 heavy (non-hydrogen) atoms. The molecule has 0 spiro atoms. The first-order valence-electron chi connectivity index (χ1n) is 7.05. The molecule has 1 heterocycles. The van der Waals surface area contributed by atoms with Gasteiger partial charge < -0.3 is 5.32 Å². The molecule has 3 nitrogen and oxygen atoms in total. The first kappa shape index (κ1) is 16.2. The molecule has 0 fully saturated rings. The molecule has 0 saturated heterocycles. The third-order valence-corrected chi connectivity index (χ3v) is 4.52. The Bertz CT molecular complexity index is 637. The van der Waals surface area contributed by atoms with Crippen molar-refractivity contribution in [1.82, 2.24) is 15.1 Å². The van der Waals surface area contributed by atoms with E-state index in [9.17, 15) is 4.39 Å². The van der Waals surface area contributed by atoms with Crippen molar-refractivity contribution in [3.05, 3.63) is 51.0 Å². The summed E-state index contributed by atoms with van der Waals surface area (Å²) in [5, 5.41) is 7.65. The van der Waals surface area contributed by atoms with Gasteiger partial charge in [-0.15, -0.1) is 0 Å². The molecule has 2 aromatic rings. The molecule has 5 heteroatoms. The van der Waals surface area contributed by atoms with Crippen molar-refractivity contribution in [3.8, 4) is 0 Å². The first-order chi connectivity index (χ1) is 9.93. The van der Waals surface area contributed by atoms with Gasteiger partial charge in [0.1, 0.15) is 5.82 Å². The van der Waals surface area contributed by atoms with Gasteiger partial charge in [-0.1, -0.05) is 15.9 Å². The topological polar surface area (TPSA) is 29.9 Å². The van der Waals surface area contributed by atoms with Crippen LogP contribution in [0.3, 0.4) is 0 Å². The van der Waals surface area contributed by atoms with Crippen molar-refractivity contribution < 1.29 is 4.39 Å². The van der Waals surface area contributed by atoms with Crippen LogP contribution in [0, 0.1) is 19.7 Å². The minimum Gasteiger partial charge on any atom is -0.313 e. The van der Waals surface area contributed by atoms with Crippen LogP contribution in [0.5, 0.6) is 0 Å². The van der Waals surface area contributed by atoms with E-state index in [-0.39, 0.29) is 11.9 Å². The molecule has 0 radical (unpaired) electrons. The van der Waals surface area contributed by atoms with Crippen molar-refractivity contribution in [2.24, 2.45) is 7.05 Å². The van der Waals surface area contributed by atoms with Gasteiger partial charge >= 0.3 is 0 Å². The quantitative estimate of drug-likeness (QED) is 0.884. The van der Waals surface area contributed by atoms with E-state index < -0.39 is 0 Å². The molecule has 114 valence electrons.